The third-order valence-electron chi connectivity index (χ3n) is 5.80. The molecule has 1 atom stereocenters. The Morgan fingerprint density at radius 2 is 1.25 bits per heavy atom. The Labute approximate surface area is 108 Å². The van der Waals surface area contributed by atoms with E-state index in [2.05, 4.69) is 0 Å². The van der Waals surface area contributed by atoms with Crippen molar-refractivity contribution in [3.8, 4) is 0 Å². The van der Waals surface area contributed by atoms with Gasteiger partial charge in [0, 0.05) is 0 Å². The second-order valence-electron chi connectivity index (χ2n) is 7.28. The summed E-state index contributed by atoms with van der Waals surface area (Å²) < 4.78 is -0.344. The maximum absolute atomic E-state index is 6.21. The van der Waals surface area contributed by atoms with E-state index in [0.717, 1.165) is 24.2 Å². The second-order valence-corrected chi connectivity index (χ2v) is 8.83. The predicted molar refractivity (Wildman–Crippen MR) is 67.8 cm³/mol. The van der Waals surface area contributed by atoms with Crippen LogP contribution in [0.1, 0.15) is 51.4 Å². The number of hydrogen-bond acceptors (Lipinski definition) is 0. The number of halogens is 2. The maximum atomic E-state index is 6.21. The molecule has 90 valence electrons. The third-order valence-corrected chi connectivity index (χ3v) is 6.73. The lowest BCUT2D eigenvalue weighted by molar-refractivity contribution is -0.0601. The van der Waals surface area contributed by atoms with E-state index in [1.165, 1.54) is 44.9 Å². The van der Waals surface area contributed by atoms with E-state index in [0.29, 0.717) is 11.3 Å². The molecule has 0 N–H and O–H groups in total. The van der Waals surface area contributed by atoms with Crippen LogP contribution in [0.25, 0.3) is 0 Å². The minimum atomic E-state index is -0.344. The second kappa shape index (κ2) is 3.12. The van der Waals surface area contributed by atoms with Gasteiger partial charge in [-0.1, -0.05) is 0 Å². The molecule has 1 unspecified atom stereocenters. The largest absolute Gasteiger partial charge is 0.121 e. The fourth-order valence-electron chi connectivity index (χ4n) is 5.55. The Balaban J connectivity index is 1.54. The summed E-state index contributed by atoms with van der Waals surface area (Å²) in [5.41, 5.74) is 0.672. The third kappa shape index (κ3) is 1.56. The van der Waals surface area contributed by atoms with Gasteiger partial charge in [-0.25, -0.2) is 0 Å². The highest BCUT2D eigenvalue weighted by atomic mass is 35.5. The molecule has 4 bridgehead atoms. The lowest BCUT2D eigenvalue weighted by atomic mass is 9.48. The first-order valence-corrected chi connectivity index (χ1v) is 7.68. The van der Waals surface area contributed by atoms with Crippen LogP contribution in [0.5, 0.6) is 0 Å². The molecule has 5 aliphatic carbocycles. The van der Waals surface area contributed by atoms with Gasteiger partial charge in [0.05, 0.1) is 0 Å². The van der Waals surface area contributed by atoms with Crippen molar-refractivity contribution in [2.45, 2.75) is 55.7 Å². The number of rotatable bonds is 2. The first kappa shape index (κ1) is 10.5. The lowest BCUT2D eigenvalue weighted by Crippen LogP contribution is -2.46. The van der Waals surface area contributed by atoms with E-state index >= 15 is 0 Å². The molecule has 0 aliphatic heterocycles. The van der Waals surface area contributed by atoms with Crippen molar-refractivity contribution < 1.29 is 0 Å². The van der Waals surface area contributed by atoms with Crippen molar-refractivity contribution in [1.29, 1.82) is 0 Å². The molecule has 0 heterocycles. The molecule has 5 aliphatic rings. The van der Waals surface area contributed by atoms with Crippen molar-refractivity contribution in [2.24, 2.45) is 29.1 Å². The minimum Gasteiger partial charge on any atom is -0.101 e. The normalized spacial score (nSPS) is 56.6. The topological polar surface area (TPSA) is 0 Å². The molecule has 16 heavy (non-hydrogen) atoms. The van der Waals surface area contributed by atoms with Crippen molar-refractivity contribution >= 4 is 23.2 Å². The molecule has 5 rings (SSSR count). The number of hydrogen-bond donors (Lipinski definition) is 0. The van der Waals surface area contributed by atoms with Crippen LogP contribution in [-0.2, 0) is 0 Å². The SMILES string of the molecule is ClC1(Cl)CC1CC12CC3CC(CC(C3)C1)C2. The summed E-state index contributed by atoms with van der Waals surface area (Å²) in [6, 6.07) is 0. The van der Waals surface area contributed by atoms with Crippen molar-refractivity contribution in [1.82, 2.24) is 0 Å². The van der Waals surface area contributed by atoms with Crippen LogP contribution in [0.15, 0.2) is 0 Å². The summed E-state index contributed by atoms with van der Waals surface area (Å²) in [6.07, 6.45) is 11.5. The van der Waals surface area contributed by atoms with Gasteiger partial charge < -0.3 is 0 Å². The molecule has 5 saturated carbocycles. The minimum absolute atomic E-state index is 0.344. The smallest absolute Gasteiger partial charge is 0.101 e. The zero-order valence-corrected chi connectivity index (χ0v) is 11.2. The summed E-state index contributed by atoms with van der Waals surface area (Å²) >= 11 is 12.4. The fraction of sp³-hybridized carbons (Fsp3) is 1.00. The van der Waals surface area contributed by atoms with Gasteiger partial charge in [-0.15, -0.1) is 23.2 Å². The molecular formula is C14H20Cl2. The van der Waals surface area contributed by atoms with E-state index in [4.69, 9.17) is 23.2 Å². The molecule has 0 radical (unpaired) electrons. The van der Waals surface area contributed by atoms with Crippen molar-refractivity contribution in [2.75, 3.05) is 0 Å². The summed E-state index contributed by atoms with van der Waals surface area (Å²) in [6.45, 7) is 0. The Bertz CT molecular complexity index is 285. The van der Waals surface area contributed by atoms with Gasteiger partial charge in [0.2, 0.25) is 0 Å². The van der Waals surface area contributed by atoms with Crippen LogP contribution in [0.3, 0.4) is 0 Å². The highest BCUT2D eigenvalue weighted by molar-refractivity contribution is 6.50. The number of alkyl halides is 2. The van der Waals surface area contributed by atoms with Gasteiger partial charge in [0.15, 0.2) is 0 Å². The Morgan fingerprint density at radius 3 is 1.62 bits per heavy atom. The molecule has 2 heteroatoms. The molecule has 0 aromatic rings. The average Bonchev–Trinajstić information content (AvgIpc) is 2.68. The Morgan fingerprint density at radius 1 is 0.812 bits per heavy atom. The van der Waals surface area contributed by atoms with Gasteiger partial charge >= 0.3 is 0 Å². The first-order valence-electron chi connectivity index (χ1n) is 6.93. The molecule has 5 fully saturated rings. The van der Waals surface area contributed by atoms with Crippen LogP contribution in [0.2, 0.25) is 0 Å². The molecule has 0 aromatic heterocycles. The van der Waals surface area contributed by atoms with E-state index in [1.807, 2.05) is 0 Å². The molecule has 0 nitrogen and oxygen atoms in total. The van der Waals surface area contributed by atoms with Gasteiger partial charge in [-0.2, -0.15) is 0 Å². The summed E-state index contributed by atoms with van der Waals surface area (Å²) in [7, 11) is 0. The van der Waals surface area contributed by atoms with E-state index < -0.39 is 0 Å². The van der Waals surface area contributed by atoms with Crippen LogP contribution >= 0.6 is 23.2 Å². The zero-order chi connectivity index (χ0) is 11.0. The predicted octanol–water partition coefficient (Wildman–Crippen LogP) is 4.79. The van der Waals surface area contributed by atoms with E-state index in [-0.39, 0.29) is 4.33 Å². The van der Waals surface area contributed by atoms with Crippen molar-refractivity contribution in [3.63, 3.8) is 0 Å². The summed E-state index contributed by atoms with van der Waals surface area (Å²) in [5, 5.41) is 0. The first-order chi connectivity index (χ1) is 7.55. The maximum Gasteiger partial charge on any atom is 0.121 e. The monoisotopic (exact) mass is 258 g/mol. The fourth-order valence-corrected chi connectivity index (χ4v) is 6.08. The summed E-state index contributed by atoms with van der Waals surface area (Å²) in [5.74, 6) is 3.80. The highest BCUT2D eigenvalue weighted by Gasteiger charge is 2.58. The van der Waals surface area contributed by atoms with E-state index in [1.54, 1.807) is 0 Å². The quantitative estimate of drug-likeness (QED) is 0.625. The molecule has 0 amide bonds. The average molecular weight is 259 g/mol. The van der Waals surface area contributed by atoms with Crippen LogP contribution in [-0.4, -0.2) is 4.33 Å². The van der Waals surface area contributed by atoms with Gasteiger partial charge in [0.25, 0.3) is 0 Å². The molecule has 0 aromatic carbocycles. The van der Waals surface area contributed by atoms with Crippen LogP contribution in [0, 0.1) is 29.1 Å². The highest BCUT2D eigenvalue weighted by Crippen LogP contribution is 2.66. The molecule has 0 saturated heterocycles. The van der Waals surface area contributed by atoms with Crippen molar-refractivity contribution in [3.05, 3.63) is 0 Å². The van der Waals surface area contributed by atoms with Crippen LogP contribution in [0.4, 0.5) is 0 Å². The van der Waals surface area contributed by atoms with Crippen LogP contribution < -0.4 is 0 Å². The molecular weight excluding hydrogens is 239 g/mol. The van der Waals surface area contributed by atoms with Gasteiger partial charge in [-0.05, 0) is 80.5 Å². The zero-order valence-electron chi connectivity index (χ0n) is 9.72. The standard InChI is InChI=1S/C14H20Cl2/c15-14(16)8-12(14)7-13-4-9-1-10(5-13)3-11(2-9)6-13/h9-12H,1-8H2. The van der Waals surface area contributed by atoms with Gasteiger partial charge in [-0.3, -0.25) is 0 Å². The summed E-state index contributed by atoms with van der Waals surface area (Å²) in [4.78, 5) is 0. The van der Waals surface area contributed by atoms with E-state index in [9.17, 15) is 0 Å². The lowest BCUT2D eigenvalue weighted by Gasteiger charge is -2.57. The Kier molecular flexibility index (Phi) is 2.05. The molecule has 0 spiro atoms. The van der Waals surface area contributed by atoms with Gasteiger partial charge in [0.1, 0.15) is 4.33 Å². The Hall–Kier alpha value is 0.580.